The molecule has 0 atom stereocenters. The molecule has 2 rings (SSSR count). The number of H-pyrrole nitrogens is 1. The Morgan fingerprint density at radius 2 is 2.00 bits per heavy atom. The van der Waals surface area contributed by atoms with Crippen molar-refractivity contribution in [1.82, 2.24) is 15.3 Å². The fourth-order valence-electron chi connectivity index (χ4n) is 1.74. The average Bonchev–Trinajstić information content (AvgIpc) is 2.78. The van der Waals surface area contributed by atoms with Gasteiger partial charge in [-0.05, 0) is 17.7 Å². The molecule has 0 bridgehead atoms. The number of benzene rings is 1. The van der Waals surface area contributed by atoms with Crippen molar-refractivity contribution in [2.24, 2.45) is 0 Å². The highest BCUT2D eigenvalue weighted by atomic mass is 79.9. The summed E-state index contributed by atoms with van der Waals surface area (Å²) in [5.74, 6) is 1.03. The average molecular weight is 308 g/mol. The van der Waals surface area contributed by atoms with Crippen LogP contribution in [0.15, 0.2) is 34.9 Å². The van der Waals surface area contributed by atoms with E-state index in [1.807, 2.05) is 18.3 Å². The minimum atomic E-state index is 0.519. The molecule has 4 heteroatoms. The van der Waals surface area contributed by atoms with Gasteiger partial charge in [-0.1, -0.05) is 41.9 Å². The van der Waals surface area contributed by atoms with Gasteiger partial charge < -0.3 is 10.3 Å². The van der Waals surface area contributed by atoms with Crippen LogP contribution in [-0.2, 0) is 6.42 Å². The van der Waals surface area contributed by atoms with Gasteiger partial charge in [0.15, 0.2) is 0 Å². The molecule has 0 radical (unpaired) electrons. The van der Waals surface area contributed by atoms with Crippen molar-refractivity contribution in [2.45, 2.75) is 26.3 Å². The van der Waals surface area contributed by atoms with Crippen LogP contribution in [0.1, 0.15) is 19.7 Å². The van der Waals surface area contributed by atoms with E-state index in [1.54, 1.807) is 0 Å². The van der Waals surface area contributed by atoms with Gasteiger partial charge in [0.2, 0.25) is 0 Å². The molecule has 96 valence electrons. The normalized spacial score (nSPS) is 11.1. The Balaban J connectivity index is 1.99. The van der Waals surface area contributed by atoms with Gasteiger partial charge in [0.25, 0.3) is 0 Å². The standard InChI is InChI=1S/C14H18BrN3/c1-10(2)16-8-7-14-17-9-13(18-14)11-3-5-12(15)6-4-11/h3-6,9-10,16H,7-8H2,1-2H3,(H,17,18). The lowest BCUT2D eigenvalue weighted by molar-refractivity contribution is 0.584. The van der Waals surface area contributed by atoms with Gasteiger partial charge in [-0.2, -0.15) is 0 Å². The second-order valence-corrected chi connectivity index (χ2v) is 5.52. The van der Waals surface area contributed by atoms with E-state index in [0.29, 0.717) is 6.04 Å². The van der Waals surface area contributed by atoms with E-state index in [1.165, 1.54) is 0 Å². The van der Waals surface area contributed by atoms with Crippen LogP contribution in [0.25, 0.3) is 11.3 Å². The highest BCUT2D eigenvalue weighted by Crippen LogP contribution is 2.19. The summed E-state index contributed by atoms with van der Waals surface area (Å²) < 4.78 is 1.09. The van der Waals surface area contributed by atoms with E-state index in [-0.39, 0.29) is 0 Å². The predicted octanol–water partition coefficient (Wildman–Crippen LogP) is 3.38. The first kappa shape index (κ1) is 13.3. The molecule has 0 aliphatic heterocycles. The van der Waals surface area contributed by atoms with Crippen molar-refractivity contribution in [3.05, 3.63) is 40.8 Å². The number of imidazole rings is 1. The first-order valence-electron chi connectivity index (χ1n) is 6.18. The molecule has 1 aromatic heterocycles. The summed E-state index contributed by atoms with van der Waals surface area (Å²) >= 11 is 3.44. The molecule has 0 fully saturated rings. The maximum atomic E-state index is 4.40. The molecule has 0 aliphatic carbocycles. The van der Waals surface area contributed by atoms with E-state index in [9.17, 15) is 0 Å². The molecule has 0 aliphatic rings. The molecule has 0 saturated carbocycles. The molecular weight excluding hydrogens is 290 g/mol. The Kier molecular flexibility index (Phi) is 4.55. The number of hydrogen-bond acceptors (Lipinski definition) is 2. The van der Waals surface area contributed by atoms with Crippen LogP contribution in [0.5, 0.6) is 0 Å². The molecule has 0 amide bonds. The van der Waals surface area contributed by atoms with Crippen LogP contribution in [-0.4, -0.2) is 22.6 Å². The quantitative estimate of drug-likeness (QED) is 0.889. The van der Waals surface area contributed by atoms with Gasteiger partial charge in [0, 0.05) is 23.5 Å². The Labute approximate surface area is 116 Å². The molecule has 18 heavy (non-hydrogen) atoms. The van der Waals surface area contributed by atoms with Crippen molar-refractivity contribution < 1.29 is 0 Å². The number of halogens is 1. The molecule has 0 unspecified atom stereocenters. The maximum absolute atomic E-state index is 4.40. The summed E-state index contributed by atoms with van der Waals surface area (Å²) in [7, 11) is 0. The topological polar surface area (TPSA) is 40.7 Å². The number of aromatic nitrogens is 2. The second kappa shape index (κ2) is 6.16. The van der Waals surface area contributed by atoms with E-state index >= 15 is 0 Å². The Morgan fingerprint density at radius 1 is 1.28 bits per heavy atom. The summed E-state index contributed by atoms with van der Waals surface area (Å²) in [6.07, 6.45) is 2.82. The number of rotatable bonds is 5. The van der Waals surface area contributed by atoms with Crippen molar-refractivity contribution in [3.8, 4) is 11.3 Å². The molecule has 2 N–H and O–H groups in total. The van der Waals surface area contributed by atoms with Crippen LogP contribution in [0, 0.1) is 0 Å². The molecule has 0 spiro atoms. The molecular formula is C14H18BrN3. The van der Waals surface area contributed by atoms with Gasteiger partial charge in [-0.3, -0.25) is 0 Å². The second-order valence-electron chi connectivity index (χ2n) is 4.61. The fraction of sp³-hybridized carbons (Fsp3) is 0.357. The maximum Gasteiger partial charge on any atom is 0.107 e. The summed E-state index contributed by atoms with van der Waals surface area (Å²) in [4.78, 5) is 7.76. The van der Waals surface area contributed by atoms with Crippen molar-refractivity contribution >= 4 is 15.9 Å². The van der Waals surface area contributed by atoms with E-state index < -0.39 is 0 Å². The van der Waals surface area contributed by atoms with Crippen molar-refractivity contribution in [1.29, 1.82) is 0 Å². The van der Waals surface area contributed by atoms with Crippen LogP contribution in [0.2, 0.25) is 0 Å². The lowest BCUT2D eigenvalue weighted by Gasteiger charge is -2.05. The van der Waals surface area contributed by atoms with Crippen LogP contribution in [0.3, 0.4) is 0 Å². The van der Waals surface area contributed by atoms with Gasteiger partial charge in [-0.15, -0.1) is 0 Å². The smallest absolute Gasteiger partial charge is 0.107 e. The Hall–Kier alpha value is -1.13. The lowest BCUT2D eigenvalue weighted by atomic mass is 10.2. The highest BCUT2D eigenvalue weighted by molar-refractivity contribution is 9.10. The molecule has 0 saturated heterocycles. The van der Waals surface area contributed by atoms with Crippen LogP contribution >= 0.6 is 15.9 Å². The lowest BCUT2D eigenvalue weighted by Crippen LogP contribution is -2.25. The zero-order valence-electron chi connectivity index (χ0n) is 10.7. The van der Waals surface area contributed by atoms with E-state index in [2.05, 4.69) is 57.2 Å². The van der Waals surface area contributed by atoms with E-state index in [0.717, 1.165) is 34.5 Å². The third-order valence-corrected chi connectivity index (χ3v) is 3.23. The monoisotopic (exact) mass is 307 g/mol. The summed E-state index contributed by atoms with van der Waals surface area (Å²) in [6.45, 7) is 5.25. The van der Waals surface area contributed by atoms with Gasteiger partial charge in [-0.25, -0.2) is 4.98 Å². The van der Waals surface area contributed by atoms with Gasteiger partial charge in [0.05, 0.1) is 11.9 Å². The van der Waals surface area contributed by atoms with Crippen LogP contribution in [0.4, 0.5) is 0 Å². The van der Waals surface area contributed by atoms with E-state index in [4.69, 9.17) is 0 Å². The first-order chi connectivity index (χ1) is 8.65. The molecule has 1 heterocycles. The molecule has 3 nitrogen and oxygen atoms in total. The fourth-order valence-corrected chi connectivity index (χ4v) is 2.01. The van der Waals surface area contributed by atoms with Crippen molar-refractivity contribution in [2.75, 3.05) is 6.54 Å². The Morgan fingerprint density at radius 3 is 2.67 bits per heavy atom. The minimum Gasteiger partial charge on any atom is -0.342 e. The summed E-state index contributed by atoms with van der Waals surface area (Å²) in [5.41, 5.74) is 2.23. The number of nitrogens with zero attached hydrogens (tertiary/aromatic N) is 1. The van der Waals surface area contributed by atoms with Crippen molar-refractivity contribution in [3.63, 3.8) is 0 Å². The predicted molar refractivity (Wildman–Crippen MR) is 78.6 cm³/mol. The van der Waals surface area contributed by atoms with Crippen LogP contribution < -0.4 is 5.32 Å². The van der Waals surface area contributed by atoms with Gasteiger partial charge in [0.1, 0.15) is 5.82 Å². The first-order valence-corrected chi connectivity index (χ1v) is 6.97. The highest BCUT2D eigenvalue weighted by Gasteiger charge is 2.03. The zero-order valence-corrected chi connectivity index (χ0v) is 12.3. The SMILES string of the molecule is CC(C)NCCc1ncc(-c2ccc(Br)cc2)[nH]1. The number of hydrogen-bond donors (Lipinski definition) is 2. The third-order valence-electron chi connectivity index (χ3n) is 2.70. The third kappa shape index (κ3) is 3.68. The number of nitrogens with one attached hydrogen (secondary N) is 2. The number of aromatic amines is 1. The Bertz CT molecular complexity index is 488. The zero-order chi connectivity index (χ0) is 13.0. The minimum absolute atomic E-state index is 0.519. The molecule has 1 aromatic carbocycles. The summed E-state index contributed by atoms with van der Waals surface area (Å²) in [5, 5.41) is 3.38. The largest absolute Gasteiger partial charge is 0.342 e. The van der Waals surface area contributed by atoms with Gasteiger partial charge >= 0.3 is 0 Å². The summed E-state index contributed by atoms with van der Waals surface area (Å²) in [6, 6.07) is 8.75. The molecule has 2 aromatic rings.